The lowest BCUT2D eigenvalue weighted by molar-refractivity contribution is -0.139. The molecule has 1 saturated heterocycles. The summed E-state index contributed by atoms with van der Waals surface area (Å²) in [5, 5.41) is 1.96. The molecule has 0 bridgehead atoms. The molecule has 1 aliphatic heterocycles. The number of fused-ring (bicyclic) bond motifs is 1. The summed E-state index contributed by atoms with van der Waals surface area (Å²) in [5.74, 6) is 0.253. The van der Waals surface area contributed by atoms with Crippen molar-refractivity contribution >= 4 is 22.4 Å². The maximum absolute atomic E-state index is 13.2. The molecule has 6 heteroatoms. The second-order valence-corrected chi connectivity index (χ2v) is 8.29. The van der Waals surface area contributed by atoms with Crippen LogP contribution < -0.4 is 10.5 Å². The zero-order valence-electron chi connectivity index (χ0n) is 17.9. The molecule has 3 aromatic rings. The van der Waals surface area contributed by atoms with Crippen molar-refractivity contribution in [2.75, 3.05) is 25.4 Å². The topological polar surface area (TPSA) is 58.8 Å². The molecule has 4 rings (SSSR count). The number of ether oxygens (including phenoxy) is 1. The molecule has 0 saturated carbocycles. The van der Waals surface area contributed by atoms with E-state index in [1.54, 1.807) is 0 Å². The normalized spacial score (nSPS) is 19.5. The van der Waals surface area contributed by atoms with Gasteiger partial charge in [-0.1, -0.05) is 42.5 Å². The zero-order chi connectivity index (χ0) is 22.0. The van der Waals surface area contributed by atoms with Crippen LogP contribution in [0.2, 0.25) is 0 Å². The van der Waals surface area contributed by atoms with Crippen LogP contribution in [0.3, 0.4) is 0 Å². The fourth-order valence-corrected chi connectivity index (χ4v) is 4.21. The van der Waals surface area contributed by atoms with Gasteiger partial charge in [0.2, 0.25) is 0 Å². The molecular weight excluding hydrogens is 393 g/mol. The molecule has 0 aliphatic carbocycles. The maximum atomic E-state index is 13.2. The molecule has 0 spiro atoms. The summed E-state index contributed by atoms with van der Waals surface area (Å²) in [5.41, 5.74) is 7.87. The van der Waals surface area contributed by atoms with Crippen LogP contribution in [0, 0.1) is 5.82 Å². The van der Waals surface area contributed by atoms with Gasteiger partial charge in [0.1, 0.15) is 11.6 Å². The number of nitrogens with two attached hydrogens (primary N) is 1. The lowest BCUT2D eigenvalue weighted by atomic mass is 10.1. The van der Waals surface area contributed by atoms with Gasteiger partial charge in [-0.3, -0.25) is 9.69 Å². The Labute approximate surface area is 182 Å². The summed E-state index contributed by atoms with van der Waals surface area (Å²) in [7, 11) is 0. The quantitative estimate of drug-likeness (QED) is 0.631. The lowest BCUT2D eigenvalue weighted by Gasteiger charge is -2.44. The zero-order valence-corrected chi connectivity index (χ0v) is 17.9. The van der Waals surface area contributed by atoms with Gasteiger partial charge >= 0.3 is 0 Å². The van der Waals surface area contributed by atoms with Gasteiger partial charge in [-0.2, -0.15) is 0 Å². The molecule has 0 aromatic heterocycles. The Kier molecular flexibility index (Phi) is 6.09. The van der Waals surface area contributed by atoms with Gasteiger partial charge in [-0.05, 0) is 43.0 Å². The molecule has 1 aliphatic rings. The van der Waals surface area contributed by atoms with Crippen LogP contribution in [0.5, 0.6) is 5.75 Å². The number of hydrogen-bond acceptors (Lipinski definition) is 4. The van der Waals surface area contributed by atoms with Gasteiger partial charge in [-0.15, -0.1) is 0 Å². The average molecular weight is 422 g/mol. The van der Waals surface area contributed by atoms with E-state index in [2.05, 4.69) is 11.8 Å². The molecule has 162 valence electrons. The molecule has 1 heterocycles. The highest BCUT2D eigenvalue weighted by Gasteiger charge is 2.32. The minimum absolute atomic E-state index is 0.0441. The Morgan fingerprint density at radius 2 is 1.77 bits per heavy atom. The van der Waals surface area contributed by atoms with Crippen LogP contribution in [-0.4, -0.2) is 47.5 Å². The van der Waals surface area contributed by atoms with Crippen molar-refractivity contribution in [3.05, 3.63) is 72.0 Å². The van der Waals surface area contributed by atoms with Gasteiger partial charge < -0.3 is 15.4 Å². The second-order valence-electron chi connectivity index (χ2n) is 8.29. The number of hydrogen-bond donors (Lipinski definition) is 1. The van der Waals surface area contributed by atoms with Crippen molar-refractivity contribution in [3.63, 3.8) is 0 Å². The second kappa shape index (κ2) is 8.94. The number of carbonyl (C=O) groups excluding carboxylic acids is 1. The summed E-state index contributed by atoms with van der Waals surface area (Å²) in [6.45, 7) is 6.22. The first-order valence-electron chi connectivity index (χ1n) is 10.6. The molecule has 2 N–H and O–H groups in total. The van der Waals surface area contributed by atoms with Crippen molar-refractivity contribution in [3.8, 4) is 5.75 Å². The van der Waals surface area contributed by atoms with Gasteiger partial charge in [0.05, 0.1) is 5.69 Å². The molecule has 1 amide bonds. The largest absolute Gasteiger partial charge is 0.482 e. The van der Waals surface area contributed by atoms with Gasteiger partial charge in [0, 0.05) is 37.1 Å². The Bertz CT molecular complexity index is 1070. The highest BCUT2D eigenvalue weighted by atomic mass is 19.1. The third-order valence-corrected chi connectivity index (χ3v) is 6.02. The minimum atomic E-state index is -0.229. The SMILES string of the molecule is C[C@@H]1CN(Cc2ccc(F)cc2)[C@@H](C)CN1C(=O)COc1ccc2ccccc2c1N. The minimum Gasteiger partial charge on any atom is -0.482 e. The highest BCUT2D eigenvalue weighted by Crippen LogP contribution is 2.30. The summed E-state index contributed by atoms with van der Waals surface area (Å²) in [4.78, 5) is 17.1. The fourth-order valence-electron chi connectivity index (χ4n) is 4.21. The van der Waals surface area contributed by atoms with E-state index in [4.69, 9.17) is 10.5 Å². The van der Waals surface area contributed by atoms with E-state index in [-0.39, 0.29) is 30.4 Å². The van der Waals surface area contributed by atoms with Crippen molar-refractivity contribution in [1.29, 1.82) is 0 Å². The van der Waals surface area contributed by atoms with E-state index in [1.807, 2.05) is 60.4 Å². The maximum Gasteiger partial charge on any atom is 0.260 e. The molecular formula is C25H28FN3O2. The molecule has 0 radical (unpaired) electrons. The molecule has 1 fully saturated rings. The lowest BCUT2D eigenvalue weighted by Crippen LogP contribution is -2.58. The highest BCUT2D eigenvalue weighted by molar-refractivity contribution is 5.95. The van der Waals surface area contributed by atoms with Crippen molar-refractivity contribution in [2.24, 2.45) is 0 Å². The Balaban J connectivity index is 1.37. The number of amides is 1. The predicted molar refractivity (Wildman–Crippen MR) is 121 cm³/mol. The third-order valence-electron chi connectivity index (χ3n) is 6.02. The van der Waals surface area contributed by atoms with E-state index in [1.165, 1.54) is 12.1 Å². The van der Waals surface area contributed by atoms with E-state index in [0.29, 0.717) is 18.0 Å². The summed E-state index contributed by atoms with van der Waals surface area (Å²) in [6.07, 6.45) is 0. The number of nitrogen functional groups attached to an aromatic ring is 1. The summed E-state index contributed by atoms with van der Waals surface area (Å²) >= 11 is 0. The predicted octanol–water partition coefficient (Wildman–Crippen LogP) is 4.06. The van der Waals surface area contributed by atoms with Crippen LogP contribution >= 0.6 is 0 Å². The van der Waals surface area contributed by atoms with Crippen LogP contribution in [0.1, 0.15) is 19.4 Å². The standard InChI is InChI=1S/C25H28FN3O2/c1-17-14-29(18(2)13-28(17)15-19-7-10-21(26)11-8-19)24(30)16-31-23-12-9-20-5-3-4-6-22(20)25(23)27/h3-12,17-18H,13-16,27H2,1-2H3/t17-,18+/m0/s1. The number of rotatable bonds is 5. The molecule has 3 aromatic carbocycles. The van der Waals surface area contributed by atoms with Gasteiger partial charge in [0.15, 0.2) is 6.61 Å². The van der Waals surface area contributed by atoms with Crippen LogP contribution in [-0.2, 0) is 11.3 Å². The van der Waals surface area contributed by atoms with Crippen molar-refractivity contribution < 1.29 is 13.9 Å². The molecule has 5 nitrogen and oxygen atoms in total. The van der Waals surface area contributed by atoms with E-state index < -0.39 is 0 Å². The summed E-state index contributed by atoms with van der Waals surface area (Å²) < 4.78 is 19.0. The molecule has 2 atom stereocenters. The van der Waals surface area contributed by atoms with Crippen molar-refractivity contribution in [2.45, 2.75) is 32.5 Å². The Morgan fingerprint density at radius 3 is 2.55 bits per heavy atom. The van der Waals surface area contributed by atoms with Crippen LogP contribution in [0.4, 0.5) is 10.1 Å². The van der Waals surface area contributed by atoms with Gasteiger partial charge in [0.25, 0.3) is 5.91 Å². The van der Waals surface area contributed by atoms with E-state index in [0.717, 1.165) is 29.4 Å². The Hall–Kier alpha value is -3.12. The number of piperazine rings is 1. The monoisotopic (exact) mass is 421 g/mol. The smallest absolute Gasteiger partial charge is 0.260 e. The first-order valence-corrected chi connectivity index (χ1v) is 10.6. The van der Waals surface area contributed by atoms with Crippen molar-refractivity contribution in [1.82, 2.24) is 9.80 Å². The first-order chi connectivity index (χ1) is 14.9. The van der Waals surface area contributed by atoms with Crippen LogP contribution in [0.25, 0.3) is 10.8 Å². The van der Waals surface area contributed by atoms with E-state index in [9.17, 15) is 9.18 Å². The number of nitrogens with zero attached hydrogens (tertiary/aromatic N) is 2. The fraction of sp³-hybridized carbons (Fsp3) is 0.320. The number of halogens is 1. The Morgan fingerprint density at radius 1 is 1.03 bits per heavy atom. The van der Waals surface area contributed by atoms with E-state index >= 15 is 0 Å². The number of anilines is 1. The number of carbonyl (C=O) groups is 1. The number of benzene rings is 3. The summed E-state index contributed by atoms with van der Waals surface area (Å²) in [6, 6.07) is 18.4. The third kappa shape index (κ3) is 4.64. The van der Waals surface area contributed by atoms with Crippen LogP contribution in [0.15, 0.2) is 60.7 Å². The molecule has 0 unspecified atom stereocenters. The first kappa shape index (κ1) is 21.1. The average Bonchev–Trinajstić information content (AvgIpc) is 2.77. The molecule has 31 heavy (non-hydrogen) atoms. The van der Waals surface area contributed by atoms with Gasteiger partial charge in [-0.25, -0.2) is 4.39 Å².